The summed E-state index contributed by atoms with van der Waals surface area (Å²) in [4.78, 5) is 71.8. The number of carbonyl (C=O) groups is 5. The van der Waals surface area contributed by atoms with Gasteiger partial charge in [-0.05, 0) is 84.5 Å². The van der Waals surface area contributed by atoms with Crippen LogP contribution >= 0.6 is 23.2 Å². The minimum absolute atomic E-state index is 0.000786. The van der Waals surface area contributed by atoms with Crippen LogP contribution < -0.4 is 24.5 Å². The highest BCUT2D eigenvalue weighted by molar-refractivity contribution is 6.36. The van der Waals surface area contributed by atoms with E-state index in [1.165, 1.54) is 33.5 Å². The van der Waals surface area contributed by atoms with Crippen LogP contribution in [0.25, 0.3) is 6.08 Å². The number of methoxy groups -OCH3 is 3. The molecule has 4 aliphatic rings. The average Bonchev–Trinajstić information content (AvgIpc) is 3.61. The van der Waals surface area contributed by atoms with Crippen molar-refractivity contribution in [3.05, 3.63) is 117 Å². The van der Waals surface area contributed by atoms with Crippen molar-refractivity contribution < 1.29 is 53.5 Å². The van der Waals surface area contributed by atoms with E-state index in [0.29, 0.717) is 27.5 Å². The van der Waals surface area contributed by atoms with Crippen molar-refractivity contribution in [2.24, 2.45) is 29.6 Å². The molecule has 2 heterocycles. The third-order valence-corrected chi connectivity index (χ3v) is 12.6. The predicted octanol–water partition coefficient (Wildman–Crippen LogP) is 6.86. The standard InChI is InChI=1S/C44H37Cl2N3O11/c1-58-25-9-5-22(6-10-25)44-30(14-4-21-16-35(59-2)38(51)36(17-21)60-3)26-12-13-28-37(41(54)48(39(28)52)24-8-11-27(42(55)56)34(50)19-24)29(26)20-31(44)40(53)49(43(44)57)47-33-15-7-23(45)18-32(33)46/h4-12,14-19,28-31,37,47,50-51H,13,20H2,1-3H3,(H,55,56). The van der Waals surface area contributed by atoms with E-state index < -0.39 is 75.9 Å². The van der Waals surface area contributed by atoms with E-state index in [9.17, 15) is 34.5 Å². The lowest BCUT2D eigenvalue weighted by Crippen LogP contribution is -2.54. The molecule has 308 valence electrons. The molecule has 0 spiro atoms. The van der Waals surface area contributed by atoms with Crippen molar-refractivity contribution >= 4 is 70.3 Å². The van der Waals surface area contributed by atoms with E-state index >= 15 is 4.79 Å². The van der Waals surface area contributed by atoms with Crippen molar-refractivity contribution in [1.29, 1.82) is 0 Å². The molecule has 4 aromatic carbocycles. The zero-order valence-corrected chi connectivity index (χ0v) is 33.7. The van der Waals surface area contributed by atoms with Gasteiger partial charge in [-0.15, -0.1) is 0 Å². The van der Waals surface area contributed by atoms with Crippen LogP contribution in [-0.4, -0.2) is 71.3 Å². The van der Waals surface area contributed by atoms with Crippen LogP contribution in [0.1, 0.15) is 34.3 Å². The molecule has 6 atom stereocenters. The number of ether oxygens (including phenoxy) is 3. The number of fused-ring (bicyclic) bond motifs is 4. The number of carboxylic acids is 1. The van der Waals surface area contributed by atoms with E-state index in [4.69, 9.17) is 37.4 Å². The van der Waals surface area contributed by atoms with E-state index in [0.717, 1.165) is 22.0 Å². The molecule has 2 aliphatic carbocycles. The minimum Gasteiger partial charge on any atom is -0.507 e. The first-order valence-electron chi connectivity index (χ1n) is 18.8. The number of anilines is 2. The van der Waals surface area contributed by atoms with Gasteiger partial charge < -0.3 is 29.5 Å². The summed E-state index contributed by atoms with van der Waals surface area (Å²) in [5, 5.41) is 32.1. The van der Waals surface area contributed by atoms with Gasteiger partial charge in [0.2, 0.25) is 17.6 Å². The molecule has 4 N–H and O–H groups in total. The number of carbonyl (C=O) groups excluding carboxylic acids is 4. The quantitative estimate of drug-likeness (QED) is 0.0959. The predicted molar refractivity (Wildman–Crippen MR) is 219 cm³/mol. The molecule has 6 unspecified atom stereocenters. The molecule has 2 aliphatic heterocycles. The topological polar surface area (TPSA) is 192 Å². The Balaban J connectivity index is 1.31. The summed E-state index contributed by atoms with van der Waals surface area (Å²) >= 11 is 12.7. The zero-order valence-electron chi connectivity index (χ0n) is 32.2. The number of amides is 4. The summed E-state index contributed by atoms with van der Waals surface area (Å²) in [6, 6.07) is 18.1. The van der Waals surface area contributed by atoms with Crippen LogP contribution in [0, 0.1) is 29.6 Å². The Bertz CT molecular complexity index is 2530. The van der Waals surface area contributed by atoms with Gasteiger partial charge in [0.15, 0.2) is 11.5 Å². The SMILES string of the molecule is COc1ccc(C23C(=O)N(Nc4ccc(Cl)cc4Cl)C(=O)C2CC2C(=CCC4C(=O)N(c5ccc(C(=O)O)c(O)c5)C(=O)C42)C3C=Cc2cc(OC)c(O)c(OC)c2)cc1. The monoisotopic (exact) mass is 853 g/mol. The molecule has 2 saturated heterocycles. The summed E-state index contributed by atoms with van der Waals surface area (Å²) in [5.74, 6) is -8.39. The number of phenols is 2. The fraction of sp³-hybridized carbons (Fsp3) is 0.250. The summed E-state index contributed by atoms with van der Waals surface area (Å²) in [7, 11) is 4.29. The number of imide groups is 2. The van der Waals surface area contributed by atoms with Crippen LogP contribution in [0.15, 0.2) is 90.5 Å². The Hall–Kier alpha value is -6.51. The lowest BCUT2D eigenvalue weighted by atomic mass is 9.50. The maximum absolute atomic E-state index is 15.5. The molecule has 1 saturated carbocycles. The van der Waals surface area contributed by atoms with Gasteiger partial charge in [-0.1, -0.05) is 59.1 Å². The van der Waals surface area contributed by atoms with Gasteiger partial charge in [-0.3, -0.25) is 24.6 Å². The number of carboxylic acid groups (broad SMARTS) is 1. The highest BCUT2D eigenvalue weighted by atomic mass is 35.5. The maximum atomic E-state index is 15.5. The van der Waals surface area contributed by atoms with Gasteiger partial charge in [-0.2, -0.15) is 5.01 Å². The normalized spacial score (nSPS) is 24.6. The van der Waals surface area contributed by atoms with Gasteiger partial charge in [0.25, 0.3) is 11.8 Å². The van der Waals surface area contributed by atoms with Crippen molar-refractivity contribution in [2.75, 3.05) is 31.7 Å². The number of nitrogens with one attached hydrogen (secondary N) is 1. The Morgan fingerprint density at radius 3 is 2.17 bits per heavy atom. The van der Waals surface area contributed by atoms with Crippen molar-refractivity contribution in [2.45, 2.75) is 18.3 Å². The molecular formula is C44H37Cl2N3O11. The van der Waals surface area contributed by atoms with Crippen LogP contribution in [0.5, 0.6) is 28.7 Å². The Labute approximate surface area is 353 Å². The molecule has 3 fully saturated rings. The van der Waals surface area contributed by atoms with Gasteiger partial charge in [0.05, 0.1) is 60.9 Å². The van der Waals surface area contributed by atoms with Gasteiger partial charge in [-0.25, -0.2) is 9.69 Å². The van der Waals surface area contributed by atoms with Crippen LogP contribution in [-0.2, 0) is 24.6 Å². The molecule has 0 aromatic heterocycles. The van der Waals surface area contributed by atoms with Gasteiger partial charge >= 0.3 is 5.97 Å². The number of nitrogens with zero attached hydrogens (tertiary/aromatic N) is 2. The fourth-order valence-electron chi connectivity index (χ4n) is 9.40. The molecule has 14 nitrogen and oxygen atoms in total. The summed E-state index contributed by atoms with van der Waals surface area (Å²) in [6.07, 6.45) is 5.46. The van der Waals surface area contributed by atoms with Crippen LogP contribution in [0.4, 0.5) is 11.4 Å². The number of hydrogen-bond donors (Lipinski definition) is 4. The van der Waals surface area contributed by atoms with Crippen LogP contribution in [0.3, 0.4) is 0 Å². The van der Waals surface area contributed by atoms with E-state index in [1.807, 2.05) is 6.08 Å². The second kappa shape index (κ2) is 15.3. The van der Waals surface area contributed by atoms with E-state index in [-0.39, 0.29) is 46.5 Å². The van der Waals surface area contributed by atoms with Gasteiger partial charge in [0, 0.05) is 17.0 Å². The lowest BCUT2D eigenvalue weighted by Gasteiger charge is -2.49. The number of hydrogen-bond acceptors (Lipinski definition) is 11. The molecule has 0 radical (unpaired) electrons. The summed E-state index contributed by atoms with van der Waals surface area (Å²) < 4.78 is 16.3. The van der Waals surface area contributed by atoms with E-state index in [1.54, 1.807) is 60.7 Å². The molecule has 4 amide bonds. The number of halogens is 2. The molecule has 60 heavy (non-hydrogen) atoms. The minimum atomic E-state index is -1.63. The summed E-state index contributed by atoms with van der Waals surface area (Å²) in [6.45, 7) is 0. The fourth-order valence-corrected chi connectivity index (χ4v) is 9.85. The largest absolute Gasteiger partial charge is 0.507 e. The second-order valence-electron chi connectivity index (χ2n) is 14.9. The third kappa shape index (κ3) is 6.20. The van der Waals surface area contributed by atoms with E-state index in [2.05, 4.69) is 5.43 Å². The molecule has 4 aromatic rings. The average molecular weight is 855 g/mol. The number of phenolic OH excluding ortho intramolecular Hbond substituents is 1. The first-order valence-corrected chi connectivity index (χ1v) is 19.5. The highest BCUT2D eigenvalue weighted by Crippen LogP contribution is 2.62. The van der Waals surface area contributed by atoms with Crippen molar-refractivity contribution in [3.8, 4) is 28.7 Å². The number of allylic oxidation sites excluding steroid dienone is 3. The molecular weight excluding hydrogens is 817 g/mol. The summed E-state index contributed by atoms with van der Waals surface area (Å²) in [5.41, 5.74) is 2.81. The Kier molecular flexibility index (Phi) is 10.2. The molecule has 8 rings (SSSR count). The number of hydrazine groups is 1. The third-order valence-electron chi connectivity index (χ3n) is 12.1. The number of rotatable bonds is 10. The van der Waals surface area contributed by atoms with Gasteiger partial charge in [0.1, 0.15) is 17.1 Å². The van der Waals surface area contributed by atoms with Crippen LogP contribution in [0.2, 0.25) is 10.0 Å². The Morgan fingerprint density at radius 2 is 1.55 bits per heavy atom. The number of aromatic hydroxyl groups is 2. The number of benzene rings is 4. The Morgan fingerprint density at radius 1 is 0.850 bits per heavy atom. The lowest BCUT2D eigenvalue weighted by molar-refractivity contribution is -0.139. The maximum Gasteiger partial charge on any atom is 0.339 e. The zero-order chi connectivity index (χ0) is 42.8. The first kappa shape index (κ1) is 40.3. The number of aromatic carboxylic acids is 1. The smallest absolute Gasteiger partial charge is 0.339 e. The molecule has 0 bridgehead atoms. The second-order valence-corrected chi connectivity index (χ2v) is 15.8. The first-order chi connectivity index (χ1) is 28.7. The van der Waals surface area contributed by atoms with Crippen molar-refractivity contribution in [1.82, 2.24) is 5.01 Å². The van der Waals surface area contributed by atoms with Crippen molar-refractivity contribution in [3.63, 3.8) is 0 Å². The highest BCUT2D eigenvalue weighted by Gasteiger charge is 2.69. The molecule has 16 heteroatoms.